The zero-order valence-electron chi connectivity index (χ0n) is 7.14. The van der Waals surface area contributed by atoms with Gasteiger partial charge in [-0.05, 0) is 13.8 Å². The van der Waals surface area contributed by atoms with E-state index in [-0.39, 0.29) is 20.3 Å². The molecule has 0 aromatic rings. The van der Waals surface area contributed by atoms with Crippen LogP contribution in [0.4, 0.5) is 4.79 Å². The van der Waals surface area contributed by atoms with Crippen LogP contribution in [0.3, 0.4) is 0 Å². The number of carbonyl (C=O) groups excluding carboxylic acids is 1. The fraction of sp³-hybridized carbons (Fsp3) is 0.800. The van der Waals surface area contributed by atoms with Gasteiger partial charge >= 0.3 is 25.0 Å². The quantitative estimate of drug-likeness (QED) is 0.326. The van der Waals surface area contributed by atoms with Crippen molar-refractivity contribution in [3.63, 3.8) is 0 Å². The van der Waals surface area contributed by atoms with E-state index in [1.807, 2.05) is 0 Å². The number of carbonyl (C=O) groups is 1. The van der Waals surface area contributed by atoms with Gasteiger partial charge < -0.3 is 10.9 Å². The summed E-state index contributed by atoms with van der Waals surface area (Å²) >= 11 is 0. The molecule has 0 aliphatic rings. The van der Waals surface area contributed by atoms with Crippen molar-refractivity contribution >= 4 is 6.16 Å². The van der Waals surface area contributed by atoms with E-state index >= 15 is 0 Å². The summed E-state index contributed by atoms with van der Waals surface area (Å²) in [4.78, 5) is 10.2. The minimum absolute atomic E-state index is 0. The fourth-order valence-electron chi connectivity index (χ4n) is 0.277. The molecule has 0 aromatic carbocycles. The largest absolute Gasteiger partial charge is 1.00 e. The smallest absolute Gasteiger partial charge is 1.00 e. The molecule has 0 radical (unpaired) electrons. The van der Waals surface area contributed by atoms with E-state index < -0.39 is 6.16 Å². The average molecular weight is 126 g/mol. The summed E-state index contributed by atoms with van der Waals surface area (Å²) < 4.78 is 8.84. The Morgan fingerprint density at radius 1 is 1.33 bits per heavy atom. The summed E-state index contributed by atoms with van der Waals surface area (Å²) in [5.74, 6) is 0. The van der Waals surface area contributed by atoms with Gasteiger partial charge in [0, 0.05) is 0 Å². The Kier molecular flexibility index (Phi) is 10.2. The molecule has 3 nitrogen and oxygen atoms in total. The zero-order valence-corrected chi connectivity index (χ0v) is 6.14. The van der Waals surface area contributed by atoms with Crippen LogP contribution in [0.15, 0.2) is 0 Å². The maximum Gasteiger partial charge on any atom is 1.00 e. The SMILES string of the molecule is CCOC(=O)OCC.[H-].[Li+]. The van der Waals surface area contributed by atoms with Crippen molar-refractivity contribution in [3.8, 4) is 0 Å². The molecule has 0 N–H and O–H groups in total. The van der Waals surface area contributed by atoms with E-state index in [1.54, 1.807) is 13.8 Å². The maximum absolute atomic E-state index is 10.2. The Hall–Kier alpha value is -0.133. The minimum atomic E-state index is -0.588. The molecule has 0 atom stereocenters. The van der Waals surface area contributed by atoms with Crippen molar-refractivity contribution in [2.75, 3.05) is 13.2 Å². The molecule has 0 amide bonds. The standard InChI is InChI=1S/C5H10O3.Li.H/c1-3-7-5(6)8-4-2;;/h3-4H2,1-2H3;;/q;+1;-1. The summed E-state index contributed by atoms with van der Waals surface area (Å²) in [6.07, 6.45) is -0.588. The van der Waals surface area contributed by atoms with Crippen LogP contribution in [0.5, 0.6) is 0 Å². The second kappa shape index (κ2) is 7.87. The summed E-state index contributed by atoms with van der Waals surface area (Å²) in [5, 5.41) is 0. The molecule has 9 heavy (non-hydrogen) atoms. The van der Waals surface area contributed by atoms with E-state index in [0.29, 0.717) is 13.2 Å². The second-order valence-electron chi connectivity index (χ2n) is 1.12. The number of hydrogen-bond donors (Lipinski definition) is 0. The molecule has 0 bridgehead atoms. The van der Waals surface area contributed by atoms with E-state index in [4.69, 9.17) is 0 Å². The Morgan fingerprint density at radius 3 is 1.89 bits per heavy atom. The summed E-state index contributed by atoms with van der Waals surface area (Å²) in [6, 6.07) is 0. The zero-order chi connectivity index (χ0) is 6.41. The van der Waals surface area contributed by atoms with E-state index in [9.17, 15) is 4.79 Å². The molecule has 0 rings (SSSR count). The molecule has 0 fully saturated rings. The van der Waals surface area contributed by atoms with Crippen molar-refractivity contribution in [2.24, 2.45) is 0 Å². The molecule has 50 valence electrons. The van der Waals surface area contributed by atoms with Crippen molar-refractivity contribution in [1.29, 1.82) is 0 Å². The molecule has 0 aromatic heterocycles. The van der Waals surface area contributed by atoms with Gasteiger partial charge in [0.05, 0.1) is 13.2 Å². The normalized spacial score (nSPS) is 7.33. The molecule has 0 heterocycles. The first-order valence-corrected chi connectivity index (χ1v) is 2.60. The van der Waals surface area contributed by atoms with Gasteiger partial charge in [0.1, 0.15) is 0 Å². The minimum Gasteiger partial charge on any atom is -1.00 e. The molecule has 0 aliphatic carbocycles. The van der Waals surface area contributed by atoms with Crippen LogP contribution in [0.1, 0.15) is 15.3 Å². The molecule has 4 heteroatoms. The topological polar surface area (TPSA) is 35.5 Å². The summed E-state index contributed by atoms with van der Waals surface area (Å²) in [6.45, 7) is 4.21. The summed E-state index contributed by atoms with van der Waals surface area (Å²) in [7, 11) is 0. The van der Waals surface area contributed by atoms with E-state index in [2.05, 4.69) is 9.47 Å². The molecular weight excluding hydrogens is 115 g/mol. The maximum atomic E-state index is 10.2. The predicted octanol–water partition coefficient (Wildman–Crippen LogP) is -1.70. The predicted molar refractivity (Wildman–Crippen MR) is 29.8 cm³/mol. The number of ether oxygens (including phenoxy) is 2. The van der Waals surface area contributed by atoms with Crippen LogP contribution >= 0.6 is 0 Å². The van der Waals surface area contributed by atoms with Crippen LogP contribution in [0.25, 0.3) is 0 Å². The van der Waals surface area contributed by atoms with Gasteiger partial charge in [0.25, 0.3) is 0 Å². The van der Waals surface area contributed by atoms with Crippen molar-refractivity contribution < 1.29 is 34.6 Å². The summed E-state index contributed by atoms with van der Waals surface area (Å²) in [5.41, 5.74) is 0. The van der Waals surface area contributed by atoms with E-state index in [0.717, 1.165) is 0 Å². The van der Waals surface area contributed by atoms with Crippen LogP contribution in [0.2, 0.25) is 0 Å². The number of rotatable bonds is 2. The first kappa shape index (κ1) is 11.6. The fourth-order valence-corrected chi connectivity index (χ4v) is 0.277. The molecule has 0 saturated heterocycles. The third-order valence-corrected chi connectivity index (χ3v) is 0.524. The van der Waals surface area contributed by atoms with Gasteiger partial charge in [-0.25, -0.2) is 4.79 Å². The van der Waals surface area contributed by atoms with Gasteiger partial charge in [0.15, 0.2) is 0 Å². The van der Waals surface area contributed by atoms with Crippen molar-refractivity contribution in [3.05, 3.63) is 0 Å². The molecule has 0 aliphatic heterocycles. The molecule has 0 unspecified atom stereocenters. The van der Waals surface area contributed by atoms with Crippen molar-refractivity contribution in [1.82, 2.24) is 0 Å². The van der Waals surface area contributed by atoms with Gasteiger partial charge in [-0.2, -0.15) is 0 Å². The molecular formula is C5H11LiO3. The monoisotopic (exact) mass is 126 g/mol. The van der Waals surface area contributed by atoms with Crippen LogP contribution in [-0.4, -0.2) is 19.4 Å². The average Bonchev–Trinajstić information content (AvgIpc) is 1.68. The third kappa shape index (κ3) is 7.87. The Balaban J connectivity index is -0.000000245. The second-order valence-corrected chi connectivity index (χ2v) is 1.12. The Bertz CT molecular complexity index is 71.3. The first-order chi connectivity index (χ1) is 3.81. The van der Waals surface area contributed by atoms with Gasteiger partial charge in [-0.15, -0.1) is 0 Å². The van der Waals surface area contributed by atoms with Gasteiger partial charge in [-0.1, -0.05) is 0 Å². The van der Waals surface area contributed by atoms with Crippen molar-refractivity contribution in [2.45, 2.75) is 13.8 Å². The first-order valence-electron chi connectivity index (χ1n) is 2.60. The van der Waals surface area contributed by atoms with Gasteiger partial charge in [0.2, 0.25) is 0 Å². The third-order valence-electron chi connectivity index (χ3n) is 0.524. The van der Waals surface area contributed by atoms with E-state index in [1.165, 1.54) is 0 Å². The number of hydrogen-bond acceptors (Lipinski definition) is 3. The van der Waals surface area contributed by atoms with Gasteiger partial charge in [-0.3, -0.25) is 0 Å². The molecule has 0 spiro atoms. The Morgan fingerprint density at radius 2 is 1.67 bits per heavy atom. The molecule has 0 saturated carbocycles. The van der Waals surface area contributed by atoms with Crippen LogP contribution in [-0.2, 0) is 9.47 Å². The van der Waals surface area contributed by atoms with Crippen LogP contribution in [0, 0.1) is 0 Å². The van der Waals surface area contributed by atoms with Crippen LogP contribution < -0.4 is 18.9 Å². The Labute approximate surface area is 68.4 Å².